The van der Waals surface area contributed by atoms with E-state index in [4.69, 9.17) is 17.3 Å². The van der Waals surface area contributed by atoms with E-state index in [-0.39, 0.29) is 0 Å². The van der Waals surface area contributed by atoms with Crippen molar-refractivity contribution in [2.45, 2.75) is 20.3 Å². The van der Waals surface area contributed by atoms with Crippen LogP contribution in [-0.2, 0) is 0 Å². The molecule has 0 bridgehead atoms. The largest absolute Gasteiger partial charge is 0.401 e. The predicted molar refractivity (Wildman–Crippen MR) is 51.7 cm³/mol. The van der Waals surface area contributed by atoms with Crippen LogP contribution in [0.5, 0.6) is 0 Å². The summed E-state index contributed by atoms with van der Waals surface area (Å²) in [5, 5.41) is 1.53. The smallest absolute Gasteiger partial charge is 0.0458 e. The molecule has 0 rings (SSSR count). The molecule has 0 aromatic heterocycles. The van der Waals surface area contributed by atoms with Gasteiger partial charge in [0.1, 0.15) is 0 Å². The molecule has 0 unspecified atom stereocenters. The Kier molecular flexibility index (Phi) is 5.49. The van der Waals surface area contributed by atoms with Crippen molar-refractivity contribution >= 4 is 0 Å². The highest BCUT2D eigenvalue weighted by molar-refractivity contribution is 4.95. The molecule has 0 aromatic rings. The summed E-state index contributed by atoms with van der Waals surface area (Å²) in [4.78, 5) is 0. The fourth-order valence-electron chi connectivity index (χ4n) is 0.951. The number of allylic oxidation sites excluding steroid dienone is 1. The number of nitrogens with zero attached hydrogens (tertiary/aromatic N) is 1. The van der Waals surface area contributed by atoms with Crippen molar-refractivity contribution in [1.82, 2.24) is 5.01 Å². The lowest BCUT2D eigenvalue weighted by atomic mass is 10.1. The lowest BCUT2D eigenvalue weighted by molar-refractivity contribution is 0.397. The first kappa shape index (κ1) is 11.3. The van der Waals surface area contributed by atoms with Crippen LogP contribution in [0.2, 0.25) is 0 Å². The van der Waals surface area contributed by atoms with Gasteiger partial charge in [-0.25, -0.2) is 5.84 Å². The Hall–Kier alpha value is -0.740. The van der Waals surface area contributed by atoms with Crippen molar-refractivity contribution in [2.75, 3.05) is 13.1 Å². The molecule has 0 radical (unpaired) electrons. The summed E-state index contributed by atoms with van der Waals surface area (Å²) in [6, 6.07) is 0. The van der Waals surface area contributed by atoms with Crippen LogP contribution >= 0.6 is 0 Å². The van der Waals surface area contributed by atoms with E-state index in [9.17, 15) is 0 Å². The molecule has 0 aliphatic rings. The van der Waals surface area contributed by atoms with Crippen LogP contribution in [0, 0.1) is 5.92 Å². The molecule has 0 aromatic carbocycles. The molecule has 0 saturated heterocycles. The summed E-state index contributed by atoms with van der Waals surface area (Å²) in [7, 11) is 0. The van der Waals surface area contributed by atoms with Gasteiger partial charge in [0.2, 0.25) is 0 Å². The first-order valence-electron chi connectivity index (χ1n) is 4.23. The van der Waals surface area contributed by atoms with E-state index in [1.54, 1.807) is 6.20 Å². The molecular formula is C8H20N4. The highest BCUT2D eigenvalue weighted by Crippen LogP contribution is 2.04. The standard InChI is InChI=1S/C8H20N4/c1-7(2)5-8(10)6-12(11)4-3-9/h6-7H,3-5,9-11H2,1-2H3/b8-6-. The molecule has 12 heavy (non-hydrogen) atoms. The molecule has 0 amide bonds. The van der Waals surface area contributed by atoms with Crippen molar-refractivity contribution in [3.63, 3.8) is 0 Å². The molecule has 4 heteroatoms. The van der Waals surface area contributed by atoms with Crippen molar-refractivity contribution in [2.24, 2.45) is 23.2 Å². The molecule has 0 atom stereocenters. The highest BCUT2D eigenvalue weighted by atomic mass is 15.4. The van der Waals surface area contributed by atoms with Crippen molar-refractivity contribution < 1.29 is 0 Å². The third-order valence-corrected chi connectivity index (χ3v) is 1.36. The van der Waals surface area contributed by atoms with Crippen LogP contribution in [0.1, 0.15) is 20.3 Å². The fraction of sp³-hybridized carbons (Fsp3) is 0.750. The fourth-order valence-corrected chi connectivity index (χ4v) is 0.951. The Morgan fingerprint density at radius 3 is 2.50 bits per heavy atom. The average molecular weight is 172 g/mol. The van der Waals surface area contributed by atoms with Crippen LogP contribution in [-0.4, -0.2) is 18.1 Å². The minimum absolute atomic E-state index is 0.544. The van der Waals surface area contributed by atoms with Crippen molar-refractivity contribution in [3.05, 3.63) is 11.9 Å². The molecule has 0 heterocycles. The Balaban J connectivity index is 3.80. The van der Waals surface area contributed by atoms with Gasteiger partial charge in [-0.2, -0.15) is 0 Å². The summed E-state index contributed by atoms with van der Waals surface area (Å²) in [5.74, 6) is 6.12. The number of rotatable bonds is 5. The summed E-state index contributed by atoms with van der Waals surface area (Å²) in [6.07, 6.45) is 2.62. The number of hydrogen-bond donors (Lipinski definition) is 3. The number of hydrogen-bond acceptors (Lipinski definition) is 4. The Bertz CT molecular complexity index is 142. The van der Waals surface area contributed by atoms with Gasteiger partial charge >= 0.3 is 0 Å². The molecule has 0 fully saturated rings. The second kappa shape index (κ2) is 5.85. The van der Waals surface area contributed by atoms with Gasteiger partial charge < -0.3 is 16.5 Å². The number of nitrogens with two attached hydrogens (primary N) is 3. The van der Waals surface area contributed by atoms with Gasteiger partial charge in [-0.15, -0.1) is 0 Å². The minimum atomic E-state index is 0.544. The third kappa shape index (κ3) is 6.00. The second-order valence-corrected chi connectivity index (χ2v) is 3.33. The van der Waals surface area contributed by atoms with Gasteiger partial charge in [-0.05, 0) is 12.3 Å². The van der Waals surface area contributed by atoms with Crippen molar-refractivity contribution in [3.8, 4) is 0 Å². The molecule has 0 aliphatic carbocycles. The van der Waals surface area contributed by atoms with E-state index in [1.165, 1.54) is 5.01 Å². The highest BCUT2D eigenvalue weighted by Gasteiger charge is 1.97. The lowest BCUT2D eigenvalue weighted by Crippen LogP contribution is -2.31. The van der Waals surface area contributed by atoms with Gasteiger partial charge in [0.05, 0.1) is 0 Å². The molecule has 0 saturated carbocycles. The molecular weight excluding hydrogens is 152 g/mol. The normalized spacial score (nSPS) is 12.2. The Labute approximate surface area is 74.4 Å². The van der Waals surface area contributed by atoms with Crippen LogP contribution < -0.4 is 17.3 Å². The lowest BCUT2D eigenvalue weighted by Gasteiger charge is -2.14. The van der Waals surface area contributed by atoms with E-state index in [1.807, 2.05) is 0 Å². The van der Waals surface area contributed by atoms with E-state index in [2.05, 4.69) is 13.8 Å². The van der Waals surface area contributed by atoms with E-state index in [0.29, 0.717) is 19.0 Å². The van der Waals surface area contributed by atoms with Crippen LogP contribution in [0.3, 0.4) is 0 Å². The maximum atomic E-state index is 5.70. The van der Waals surface area contributed by atoms with E-state index in [0.717, 1.165) is 12.1 Å². The minimum Gasteiger partial charge on any atom is -0.401 e. The van der Waals surface area contributed by atoms with Gasteiger partial charge in [0.15, 0.2) is 0 Å². The maximum absolute atomic E-state index is 5.70. The maximum Gasteiger partial charge on any atom is 0.0458 e. The predicted octanol–water partition coefficient (Wildman–Crippen LogP) is -0.0330. The first-order chi connectivity index (χ1) is 5.56. The van der Waals surface area contributed by atoms with Crippen LogP contribution in [0.25, 0.3) is 0 Å². The van der Waals surface area contributed by atoms with Gasteiger partial charge in [0.25, 0.3) is 0 Å². The molecule has 0 aliphatic heterocycles. The zero-order valence-electron chi connectivity index (χ0n) is 7.96. The first-order valence-corrected chi connectivity index (χ1v) is 4.23. The van der Waals surface area contributed by atoms with E-state index >= 15 is 0 Å². The SMILES string of the molecule is CC(C)C/C(N)=C/N(N)CCN. The molecule has 4 nitrogen and oxygen atoms in total. The van der Waals surface area contributed by atoms with Crippen LogP contribution in [0.4, 0.5) is 0 Å². The summed E-state index contributed by atoms with van der Waals surface area (Å²) < 4.78 is 0. The monoisotopic (exact) mass is 172 g/mol. The topological polar surface area (TPSA) is 81.3 Å². The zero-order valence-corrected chi connectivity index (χ0v) is 7.96. The van der Waals surface area contributed by atoms with Crippen molar-refractivity contribution in [1.29, 1.82) is 0 Å². The Morgan fingerprint density at radius 2 is 2.08 bits per heavy atom. The molecule has 72 valence electrons. The van der Waals surface area contributed by atoms with E-state index < -0.39 is 0 Å². The zero-order chi connectivity index (χ0) is 9.56. The third-order valence-electron chi connectivity index (χ3n) is 1.36. The quantitative estimate of drug-likeness (QED) is 0.402. The summed E-state index contributed by atoms with van der Waals surface area (Å²) in [6.45, 7) is 5.41. The second-order valence-electron chi connectivity index (χ2n) is 3.33. The van der Waals surface area contributed by atoms with Crippen LogP contribution in [0.15, 0.2) is 11.9 Å². The summed E-state index contributed by atoms with van der Waals surface area (Å²) >= 11 is 0. The Morgan fingerprint density at radius 1 is 1.50 bits per heavy atom. The summed E-state index contributed by atoms with van der Waals surface area (Å²) in [5.41, 5.74) is 11.8. The molecule has 0 spiro atoms. The van der Waals surface area contributed by atoms with Gasteiger partial charge in [-0.1, -0.05) is 13.8 Å². The van der Waals surface area contributed by atoms with Gasteiger partial charge in [-0.3, -0.25) is 0 Å². The average Bonchev–Trinajstić information content (AvgIpc) is 1.84. The molecule has 6 N–H and O–H groups in total. The number of hydrazine groups is 1. The van der Waals surface area contributed by atoms with Gasteiger partial charge in [0, 0.05) is 25.0 Å².